The van der Waals surface area contributed by atoms with Crippen molar-refractivity contribution in [2.45, 2.75) is 13.5 Å². The monoisotopic (exact) mass is 339 g/mol. The molecule has 0 amide bonds. The van der Waals surface area contributed by atoms with Crippen LogP contribution in [0.5, 0.6) is 5.75 Å². The molecule has 2 nitrogen and oxygen atoms in total. The second kappa shape index (κ2) is 6.31. The molecular formula is C15H15BrClNO. The summed E-state index contributed by atoms with van der Waals surface area (Å²) in [4.78, 5) is 0. The van der Waals surface area contributed by atoms with Crippen molar-refractivity contribution in [1.82, 2.24) is 0 Å². The standard InChI is InChI=1S/C15H15BrClNO/c1-10-12(16)4-3-5-14(10)18-9-11-6-7-15(19-2)13(17)8-11/h3-8,18H,9H2,1-2H3. The molecule has 0 aromatic heterocycles. The number of hydrogen-bond donors (Lipinski definition) is 1. The van der Waals surface area contributed by atoms with E-state index < -0.39 is 0 Å². The zero-order valence-electron chi connectivity index (χ0n) is 10.8. The van der Waals surface area contributed by atoms with Crippen LogP contribution in [0.1, 0.15) is 11.1 Å². The van der Waals surface area contributed by atoms with Crippen LogP contribution in [0.15, 0.2) is 40.9 Å². The quantitative estimate of drug-likeness (QED) is 0.842. The fourth-order valence-electron chi connectivity index (χ4n) is 1.82. The SMILES string of the molecule is COc1ccc(CNc2cccc(Br)c2C)cc1Cl. The predicted octanol–water partition coefficient (Wildman–Crippen LogP) is 5.03. The first kappa shape index (κ1) is 14.2. The van der Waals surface area contributed by atoms with Gasteiger partial charge in [0.05, 0.1) is 12.1 Å². The fourth-order valence-corrected chi connectivity index (χ4v) is 2.46. The van der Waals surface area contributed by atoms with Gasteiger partial charge in [-0.2, -0.15) is 0 Å². The number of hydrogen-bond acceptors (Lipinski definition) is 2. The Morgan fingerprint density at radius 3 is 2.74 bits per heavy atom. The van der Waals surface area contributed by atoms with E-state index in [1.807, 2.05) is 30.3 Å². The molecule has 0 saturated carbocycles. The minimum atomic E-state index is 0.632. The molecule has 0 unspecified atom stereocenters. The van der Waals surface area contributed by atoms with E-state index in [2.05, 4.69) is 34.2 Å². The molecular weight excluding hydrogens is 326 g/mol. The first-order valence-electron chi connectivity index (χ1n) is 5.93. The number of benzene rings is 2. The summed E-state index contributed by atoms with van der Waals surface area (Å²) in [5.74, 6) is 0.698. The van der Waals surface area contributed by atoms with Gasteiger partial charge in [0.2, 0.25) is 0 Å². The van der Waals surface area contributed by atoms with Crippen LogP contribution < -0.4 is 10.1 Å². The zero-order valence-corrected chi connectivity index (χ0v) is 13.2. The maximum Gasteiger partial charge on any atom is 0.137 e. The minimum Gasteiger partial charge on any atom is -0.495 e. The van der Waals surface area contributed by atoms with Gasteiger partial charge in [0, 0.05) is 16.7 Å². The Morgan fingerprint density at radius 2 is 2.05 bits per heavy atom. The lowest BCUT2D eigenvalue weighted by molar-refractivity contribution is 0.415. The van der Waals surface area contributed by atoms with Gasteiger partial charge in [-0.05, 0) is 42.3 Å². The van der Waals surface area contributed by atoms with Gasteiger partial charge in [0.25, 0.3) is 0 Å². The molecule has 19 heavy (non-hydrogen) atoms. The first-order valence-corrected chi connectivity index (χ1v) is 7.10. The summed E-state index contributed by atoms with van der Waals surface area (Å²) >= 11 is 9.63. The Hall–Kier alpha value is -1.19. The van der Waals surface area contributed by atoms with E-state index in [0.29, 0.717) is 10.8 Å². The number of nitrogens with one attached hydrogen (secondary N) is 1. The molecule has 2 aromatic rings. The molecule has 0 heterocycles. The molecule has 0 atom stereocenters. The van der Waals surface area contributed by atoms with Crippen molar-refractivity contribution in [3.8, 4) is 5.75 Å². The molecule has 0 aliphatic heterocycles. The minimum absolute atomic E-state index is 0.632. The van der Waals surface area contributed by atoms with Gasteiger partial charge >= 0.3 is 0 Å². The third-order valence-electron chi connectivity index (χ3n) is 2.97. The smallest absolute Gasteiger partial charge is 0.137 e. The van der Waals surface area contributed by atoms with Crippen molar-refractivity contribution < 1.29 is 4.74 Å². The van der Waals surface area contributed by atoms with Gasteiger partial charge in [-0.15, -0.1) is 0 Å². The van der Waals surface area contributed by atoms with Gasteiger partial charge in [-0.1, -0.05) is 39.7 Å². The molecule has 2 aromatic carbocycles. The summed E-state index contributed by atoms with van der Waals surface area (Å²) in [6.45, 7) is 2.80. The number of methoxy groups -OCH3 is 1. The van der Waals surface area contributed by atoms with Crippen LogP contribution in [-0.4, -0.2) is 7.11 Å². The highest BCUT2D eigenvalue weighted by molar-refractivity contribution is 9.10. The average Bonchev–Trinajstić information content (AvgIpc) is 2.40. The normalized spacial score (nSPS) is 10.3. The molecule has 0 aliphatic carbocycles. The molecule has 0 bridgehead atoms. The molecule has 100 valence electrons. The van der Waals surface area contributed by atoms with Crippen molar-refractivity contribution >= 4 is 33.2 Å². The van der Waals surface area contributed by atoms with Gasteiger partial charge in [-0.3, -0.25) is 0 Å². The predicted molar refractivity (Wildman–Crippen MR) is 84.2 cm³/mol. The molecule has 2 rings (SSSR count). The van der Waals surface area contributed by atoms with Crippen molar-refractivity contribution in [3.63, 3.8) is 0 Å². The lowest BCUT2D eigenvalue weighted by Gasteiger charge is -2.11. The van der Waals surface area contributed by atoms with Crippen molar-refractivity contribution in [1.29, 1.82) is 0 Å². The molecule has 0 fully saturated rings. The summed E-state index contributed by atoms with van der Waals surface area (Å²) in [7, 11) is 1.62. The van der Waals surface area contributed by atoms with Gasteiger partial charge < -0.3 is 10.1 Å². The van der Waals surface area contributed by atoms with E-state index in [-0.39, 0.29) is 0 Å². The van der Waals surface area contributed by atoms with E-state index in [4.69, 9.17) is 16.3 Å². The van der Waals surface area contributed by atoms with Crippen molar-refractivity contribution in [2.75, 3.05) is 12.4 Å². The van der Waals surface area contributed by atoms with Gasteiger partial charge in [-0.25, -0.2) is 0 Å². The Kier molecular flexibility index (Phi) is 4.72. The van der Waals surface area contributed by atoms with Crippen LogP contribution in [0.2, 0.25) is 5.02 Å². The second-order valence-electron chi connectivity index (χ2n) is 4.23. The largest absolute Gasteiger partial charge is 0.495 e. The molecule has 0 radical (unpaired) electrons. The van der Waals surface area contributed by atoms with E-state index in [1.165, 1.54) is 5.56 Å². The highest BCUT2D eigenvalue weighted by Crippen LogP contribution is 2.27. The Morgan fingerprint density at radius 1 is 1.26 bits per heavy atom. The third-order valence-corrected chi connectivity index (χ3v) is 4.12. The van der Waals surface area contributed by atoms with Gasteiger partial charge in [0.1, 0.15) is 5.75 Å². The number of anilines is 1. The first-order chi connectivity index (χ1) is 9.11. The average molecular weight is 341 g/mol. The fraction of sp³-hybridized carbons (Fsp3) is 0.200. The summed E-state index contributed by atoms with van der Waals surface area (Å²) in [6, 6.07) is 11.9. The highest BCUT2D eigenvalue weighted by atomic mass is 79.9. The Bertz CT molecular complexity index is 586. The number of rotatable bonds is 4. The van der Waals surface area contributed by atoms with Crippen LogP contribution in [0.25, 0.3) is 0 Å². The van der Waals surface area contributed by atoms with E-state index in [0.717, 1.165) is 22.3 Å². The van der Waals surface area contributed by atoms with Crippen LogP contribution in [0, 0.1) is 6.92 Å². The molecule has 4 heteroatoms. The van der Waals surface area contributed by atoms with E-state index >= 15 is 0 Å². The topological polar surface area (TPSA) is 21.3 Å². The van der Waals surface area contributed by atoms with Gasteiger partial charge in [0.15, 0.2) is 0 Å². The number of halogens is 2. The Labute approximate surface area is 126 Å². The zero-order chi connectivity index (χ0) is 13.8. The van der Waals surface area contributed by atoms with Crippen molar-refractivity contribution in [3.05, 3.63) is 57.0 Å². The van der Waals surface area contributed by atoms with E-state index in [1.54, 1.807) is 7.11 Å². The molecule has 0 spiro atoms. The molecule has 0 aliphatic rings. The van der Waals surface area contributed by atoms with Crippen LogP contribution in [-0.2, 0) is 6.54 Å². The molecule has 1 N–H and O–H groups in total. The van der Waals surface area contributed by atoms with Crippen molar-refractivity contribution in [2.24, 2.45) is 0 Å². The summed E-state index contributed by atoms with van der Waals surface area (Å²) in [6.07, 6.45) is 0. The van der Waals surface area contributed by atoms with Crippen LogP contribution in [0.4, 0.5) is 5.69 Å². The maximum atomic E-state index is 6.11. The number of ether oxygens (including phenoxy) is 1. The molecule has 0 saturated heterocycles. The third kappa shape index (κ3) is 3.43. The van der Waals surface area contributed by atoms with Crippen LogP contribution >= 0.6 is 27.5 Å². The lowest BCUT2D eigenvalue weighted by Crippen LogP contribution is -2.01. The lowest BCUT2D eigenvalue weighted by atomic mass is 10.1. The van der Waals surface area contributed by atoms with Crippen LogP contribution in [0.3, 0.4) is 0 Å². The second-order valence-corrected chi connectivity index (χ2v) is 5.50. The Balaban J connectivity index is 2.10. The summed E-state index contributed by atoms with van der Waals surface area (Å²) < 4.78 is 6.24. The summed E-state index contributed by atoms with van der Waals surface area (Å²) in [5, 5.41) is 4.04. The maximum absolute atomic E-state index is 6.11. The summed E-state index contributed by atoms with van der Waals surface area (Å²) in [5.41, 5.74) is 3.42. The highest BCUT2D eigenvalue weighted by Gasteiger charge is 2.04. The van der Waals surface area contributed by atoms with E-state index in [9.17, 15) is 0 Å².